The summed E-state index contributed by atoms with van der Waals surface area (Å²) in [6.07, 6.45) is 2.33. The van der Waals surface area contributed by atoms with Gasteiger partial charge in [0, 0.05) is 26.3 Å². The maximum atomic E-state index is 12.1. The number of hydrogen-bond donors (Lipinski definition) is 0. The zero-order chi connectivity index (χ0) is 16.2. The minimum atomic E-state index is -3.47. The minimum absolute atomic E-state index is 0.198. The number of thioether (sulfide) groups is 1. The van der Waals surface area contributed by atoms with Crippen LogP contribution in [0.15, 0.2) is 32.7 Å². The molecule has 118 valence electrons. The Labute approximate surface area is 134 Å². The first-order valence-electron chi connectivity index (χ1n) is 6.78. The van der Waals surface area contributed by atoms with Gasteiger partial charge in [0.25, 0.3) is 5.22 Å². The molecule has 6 nitrogen and oxygen atoms in total. The van der Waals surface area contributed by atoms with E-state index in [-0.39, 0.29) is 4.90 Å². The second-order valence-electron chi connectivity index (χ2n) is 4.86. The SMILES string of the molecule is CN(C)S(=O)(=O)c1ccc2oc(SCCCCC#N)nc2c1. The highest BCUT2D eigenvalue weighted by molar-refractivity contribution is 7.99. The molecular weight excluding hydrogens is 322 g/mol. The lowest BCUT2D eigenvalue weighted by Gasteiger charge is -2.10. The average molecular weight is 339 g/mol. The normalized spacial score (nSPS) is 11.9. The molecule has 0 N–H and O–H groups in total. The van der Waals surface area contributed by atoms with Crippen LogP contribution in [0.4, 0.5) is 0 Å². The van der Waals surface area contributed by atoms with E-state index in [2.05, 4.69) is 11.1 Å². The topological polar surface area (TPSA) is 87.2 Å². The molecule has 0 spiro atoms. The molecule has 0 aliphatic heterocycles. The van der Waals surface area contributed by atoms with E-state index in [4.69, 9.17) is 9.68 Å². The first-order chi connectivity index (χ1) is 10.4. The molecule has 0 aliphatic carbocycles. The maximum Gasteiger partial charge on any atom is 0.256 e. The molecule has 2 rings (SSSR count). The lowest BCUT2D eigenvalue weighted by atomic mass is 10.3. The fraction of sp³-hybridized carbons (Fsp3) is 0.429. The fourth-order valence-corrected chi connectivity index (χ4v) is 3.54. The van der Waals surface area contributed by atoms with Crippen LogP contribution in [0.25, 0.3) is 11.1 Å². The van der Waals surface area contributed by atoms with Crippen molar-refractivity contribution in [3.8, 4) is 6.07 Å². The van der Waals surface area contributed by atoms with Crippen molar-refractivity contribution in [2.75, 3.05) is 19.8 Å². The van der Waals surface area contributed by atoms with Gasteiger partial charge in [0.05, 0.1) is 11.0 Å². The molecule has 0 atom stereocenters. The average Bonchev–Trinajstić information content (AvgIpc) is 2.88. The van der Waals surface area contributed by atoms with E-state index in [1.807, 2.05) is 0 Å². The first kappa shape index (κ1) is 16.8. The van der Waals surface area contributed by atoms with Gasteiger partial charge in [0.1, 0.15) is 5.52 Å². The zero-order valence-electron chi connectivity index (χ0n) is 12.4. The summed E-state index contributed by atoms with van der Waals surface area (Å²) in [4.78, 5) is 4.51. The predicted molar refractivity (Wildman–Crippen MR) is 85.1 cm³/mol. The molecule has 0 fully saturated rings. The van der Waals surface area contributed by atoms with Gasteiger partial charge < -0.3 is 4.42 Å². The maximum absolute atomic E-state index is 12.1. The highest BCUT2D eigenvalue weighted by Gasteiger charge is 2.18. The quantitative estimate of drug-likeness (QED) is 0.569. The molecule has 0 amide bonds. The van der Waals surface area contributed by atoms with Crippen molar-refractivity contribution < 1.29 is 12.8 Å². The first-order valence-corrected chi connectivity index (χ1v) is 9.20. The fourth-order valence-electron chi connectivity index (χ4n) is 1.78. The smallest absolute Gasteiger partial charge is 0.256 e. The summed E-state index contributed by atoms with van der Waals surface area (Å²) in [5, 5.41) is 8.99. The van der Waals surface area contributed by atoms with Crippen LogP contribution in [0.2, 0.25) is 0 Å². The third-order valence-corrected chi connectivity index (χ3v) is 5.75. The van der Waals surface area contributed by atoms with E-state index < -0.39 is 10.0 Å². The number of benzene rings is 1. The minimum Gasteiger partial charge on any atom is -0.431 e. The number of unbranched alkanes of at least 4 members (excludes halogenated alkanes) is 2. The van der Waals surface area contributed by atoms with Crippen LogP contribution in [0.3, 0.4) is 0 Å². The standard InChI is InChI=1S/C14H17N3O3S2/c1-17(2)22(18,19)11-6-7-13-12(10-11)16-14(20-13)21-9-5-3-4-8-15/h6-7,10H,3-5,9H2,1-2H3. The predicted octanol–water partition coefficient (Wildman–Crippen LogP) is 2.86. The van der Waals surface area contributed by atoms with Crippen LogP contribution >= 0.6 is 11.8 Å². The molecule has 0 aliphatic rings. The number of rotatable bonds is 7. The Morgan fingerprint density at radius 1 is 1.36 bits per heavy atom. The Bertz CT molecular complexity index is 791. The summed E-state index contributed by atoms with van der Waals surface area (Å²) in [6.45, 7) is 0. The third-order valence-electron chi connectivity index (χ3n) is 3.03. The number of sulfonamides is 1. The molecule has 0 saturated carbocycles. The molecule has 0 saturated heterocycles. The van der Waals surface area contributed by atoms with Crippen molar-refractivity contribution >= 4 is 32.9 Å². The van der Waals surface area contributed by atoms with Crippen molar-refractivity contribution in [2.24, 2.45) is 0 Å². The van der Waals surface area contributed by atoms with Crippen molar-refractivity contribution in [2.45, 2.75) is 29.4 Å². The Balaban J connectivity index is 2.13. The van der Waals surface area contributed by atoms with Crippen molar-refractivity contribution in [1.82, 2.24) is 9.29 Å². The van der Waals surface area contributed by atoms with Crippen LogP contribution in [-0.4, -0.2) is 37.6 Å². The van der Waals surface area contributed by atoms with Gasteiger partial charge in [-0.05, 0) is 31.0 Å². The number of oxazole rings is 1. The lowest BCUT2D eigenvalue weighted by molar-refractivity contribution is 0.489. The summed E-state index contributed by atoms with van der Waals surface area (Å²) in [7, 11) is -0.490. The van der Waals surface area contributed by atoms with E-state index in [1.54, 1.807) is 6.07 Å². The van der Waals surface area contributed by atoms with Crippen LogP contribution in [0.1, 0.15) is 19.3 Å². The van der Waals surface area contributed by atoms with Gasteiger partial charge in [-0.15, -0.1) is 0 Å². The van der Waals surface area contributed by atoms with Gasteiger partial charge in [-0.3, -0.25) is 0 Å². The Morgan fingerprint density at radius 3 is 2.82 bits per heavy atom. The van der Waals surface area contributed by atoms with E-state index in [1.165, 1.54) is 42.3 Å². The molecule has 8 heteroatoms. The van der Waals surface area contributed by atoms with Gasteiger partial charge in [-0.2, -0.15) is 5.26 Å². The molecule has 0 radical (unpaired) electrons. The van der Waals surface area contributed by atoms with Crippen molar-refractivity contribution in [3.63, 3.8) is 0 Å². The molecule has 22 heavy (non-hydrogen) atoms. The number of nitriles is 1. The van der Waals surface area contributed by atoms with Crippen molar-refractivity contribution in [1.29, 1.82) is 5.26 Å². The van der Waals surface area contributed by atoms with Crippen LogP contribution in [0, 0.1) is 11.3 Å². The van der Waals surface area contributed by atoms with Gasteiger partial charge in [0.2, 0.25) is 10.0 Å². The molecule has 1 aromatic carbocycles. The Morgan fingerprint density at radius 2 is 2.14 bits per heavy atom. The summed E-state index contributed by atoms with van der Waals surface area (Å²) in [5.74, 6) is 0.817. The summed E-state index contributed by atoms with van der Waals surface area (Å²) >= 11 is 1.47. The number of nitrogens with zero attached hydrogens (tertiary/aromatic N) is 3. The second-order valence-corrected chi connectivity index (χ2v) is 8.06. The number of fused-ring (bicyclic) bond motifs is 1. The van der Waals surface area contributed by atoms with Gasteiger partial charge in [-0.25, -0.2) is 17.7 Å². The molecule has 1 heterocycles. The van der Waals surface area contributed by atoms with Crippen LogP contribution in [-0.2, 0) is 10.0 Å². The Hall–Kier alpha value is -1.56. The summed E-state index contributed by atoms with van der Waals surface area (Å²) in [5.41, 5.74) is 1.10. The molecular formula is C14H17N3O3S2. The van der Waals surface area contributed by atoms with E-state index in [9.17, 15) is 8.42 Å². The molecule has 2 aromatic rings. The zero-order valence-corrected chi connectivity index (χ0v) is 14.1. The summed E-state index contributed by atoms with van der Waals surface area (Å²) < 4.78 is 30.9. The van der Waals surface area contributed by atoms with Gasteiger partial charge in [0.15, 0.2) is 5.58 Å². The number of aromatic nitrogens is 1. The lowest BCUT2D eigenvalue weighted by Crippen LogP contribution is -2.22. The molecule has 1 aromatic heterocycles. The van der Waals surface area contributed by atoms with Crippen molar-refractivity contribution in [3.05, 3.63) is 18.2 Å². The Kier molecular flexibility index (Phi) is 5.45. The molecule has 0 bridgehead atoms. The third kappa shape index (κ3) is 3.80. The van der Waals surface area contributed by atoms with Gasteiger partial charge >= 0.3 is 0 Å². The van der Waals surface area contributed by atoms with E-state index in [0.717, 1.165) is 18.6 Å². The highest BCUT2D eigenvalue weighted by atomic mass is 32.2. The molecule has 0 unspecified atom stereocenters. The largest absolute Gasteiger partial charge is 0.431 e. The summed E-state index contributed by atoms with van der Waals surface area (Å²) in [6, 6.07) is 6.77. The number of hydrogen-bond acceptors (Lipinski definition) is 6. The highest BCUT2D eigenvalue weighted by Crippen LogP contribution is 2.26. The van der Waals surface area contributed by atoms with Crippen LogP contribution < -0.4 is 0 Å². The van der Waals surface area contributed by atoms with E-state index >= 15 is 0 Å². The van der Waals surface area contributed by atoms with Gasteiger partial charge in [-0.1, -0.05) is 11.8 Å². The van der Waals surface area contributed by atoms with E-state index in [0.29, 0.717) is 22.7 Å². The monoisotopic (exact) mass is 339 g/mol. The second kappa shape index (κ2) is 7.13. The van der Waals surface area contributed by atoms with Crippen LogP contribution in [0.5, 0.6) is 0 Å².